The summed E-state index contributed by atoms with van der Waals surface area (Å²) in [6.07, 6.45) is 0.119. The Bertz CT molecular complexity index is 567. The van der Waals surface area contributed by atoms with Gasteiger partial charge in [0.15, 0.2) is 11.5 Å². The standard InChI is InChI=1S/C16H20F2N2O2.2ClH/c17-16(18)21-14-4-3-12(10-15(14)22-16)13(9-11-1-2-11)20-7-5-19-6-8-20;;/h3-4,10-11,13,19H,1-2,5-9H2;2*1H/t13-;;/m1../s1. The first-order valence-electron chi connectivity index (χ1n) is 7.95. The zero-order chi connectivity index (χ0) is 15.2. The van der Waals surface area contributed by atoms with Crippen molar-refractivity contribution >= 4 is 24.8 Å². The average molecular weight is 383 g/mol. The summed E-state index contributed by atoms with van der Waals surface area (Å²) < 4.78 is 35.5. The van der Waals surface area contributed by atoms with Crippen molar-refractivity contribution in [3.63, 3.8) is 0 Å². The van der Waals surface area contributed by atoms with E-state index in [0.717, 1.165) is 44.1 Å². The molecule has 0 bridgehead atoms. The number of hydrogen-bond donors (Lipinski definition) is 1. The minimum absolute atomic E-state index is 0. The molecule has 0 unspecified atom stereocenters. The fraction of sp³-hybridized carbons (Fsp3) is 0.625. The van der Waals surface area contributed by atoms with Gasteiger partial charge in [-0.1, -0.05) is 18.9 Å². The Labute approximate surface area is 152 Å². The zero-order valence-corrected chi connectivity index (χ0v) is 14.8. The van der Waals surface area contributed by atoms with E-state index in [-0.39, 0.29) is 42.4 Å². The highest BCUT2D eigenvalue weighted by atomic mass is 35.5. The number of alkyl halides is 2. The molecule has 1 aromatic rings. The predicted octanol–water partition coefficient (Wildman–Crippen LogP) is 3.60. The molecule has 4 nitrogen and oxygen atoms in total. The molecule has 0 radical (unpaired) electrons. The Morgan fingerprint density at radius 1 is 1.12 bits per heavy atom. The van der Waals surface area contributed by atoms with E-state index >= 15 is 0 Å². The molecule has 0 aromatic heterocycles. The van der Waals surface area contributed by atoms with Crippen LogP contribution in [0.5, 0.6) is 11.5 Å². The number of nitrogens with zero attached hydrogens (tertiary/aromatic N) is 1. The van der Waals surface area contributed by atoms with Crippen LogP contribution in [0.4, 0.5) is 8.78 Å². The number of hydrogen-bond acceptors (Lipinski definition) is 4. The topological polar surface area (TPSA) is 33.7 Å². The number of nitrogens with one attached hydrogen (secondary N) is 1. The molecule has 1 aromatic carbocycles. The number of ether oxygens (including phenoxy) is 2. The van der Waals surface area contributed by atoms with E-state index in [4.69, 9.17) is 0 Å². The van der Waals surface area contributed by atoms with Crippen molar-refractivity contribution in [2.75, 3.05) is 26.2 Å². The highest BCUT2D eigenvalue weighted by Gasteiger charge is 2.43. The van der Waals surface area contributed by atoms with Gasteiger partial charge in [0.2, 0.25) is 0 Å². The zero-order valence-electron chi connectivity index (χ0n) is 13.2. The van der Waals surface area contributed by atoms with Gasteiger partial charge in [0, 0.05) is 32.2 Å². The molecule has 1 atom stereocenters. The summed E-state index contributed by atoms with van der Waals surface area (Å²) in [5.74, 6) is 1.05. The summed E-state index contributed by atoms with van der Waals surface area (Å²) in [7, 11) is 0. The Morgan fingerprint density at radius 3 is 2.46 bits per heavy atom. The minimum atomic E-state index is -3.54. The van der Waals surface area contributed by atoms with Gasteiger partial charge in [-0.2, -0.15) is 0 Å². The number of piperazine rings is 1. The molecule has 1 N–H and O–H groups in total. The first-order valence-corrected chi connectivity index (χ1v) is 7.95. The van der Waals surface area contributed by atoms with Gasteiger partial charge in [0.25, 0.3) is 0 Å². The lowest BCUT2D eigenvalue weighted by molar-refractivity contribution is -0.286. The van der Waals surface area contributed by atoms with E-state index in [0.29, 0.717) is 0 Å². The van der Waals surface area contributed by atoms with E-state index in [9.17, 15) is 8.78 Å². The third-order valence-electron chi connectivity index (χ3n) is 4.66. The Balaban J connectivity index is 0.00000104. The first-order chi connectivity index (χ1) is 10.6. The molecule has 2 fully saturated rings. The lowest BCUT2D eigenvalue weighted by Gasteiger charge is -2.35. The van der Waals surface area contributed by atoms with Crippen LogP contribution in [0.15, 0.2) is 18.2 Å². The van der Waals surface area contributed by atoms with Gasteiger partial charge in [-0.05, 0) is 30.0 Å². The van der Waals surface area contributed by atoms with Crippen LogP contribution in [-0.2, 0) is 0 Å². The summed E-state index contributed by atoms with van der Waals surface area (Å²) >= 11 is 0. The maximum atomic E-state index is 13.2. The number of fused-ring (bicyclic) bond motifs is 1. The SMILES string of the molecule is Cl.Cl.FC1(F)Oc2ccc([C@@H](CC3CC3)N3CCNCC3)cc2O1. The second kappa shape index (κ2) is 7.60. The van der Waals surface area contributed by atoms with Crippen LogP contribution in [-0.4, -0.2) is 37.4 Å². The van der Waals surface area contributed by atoms with Gasteiger partial charge >= 0.3 is 6.29 Å². The quantitative estimate of drug-likeness (QED) is 0.862. The van der Waals surface area contributed by atoms with Crippen LogP contribution in [0.25, 0.3) is 0 Å². The van der Waals surface area contributed by atoms with Crippen molar-refractivity contribution < 1.29 is 18.3 Å². The fourth-order valence-corrected chi connectivity index (χ4v) is 3.33. The summed E-state index contributed by atoms with van der Waals surface area (Å²) in [5, 5.41) is 3.36. The molecule has 0 amide bonds. The van der Waals surface area contributed by atoms with Gasteiger partial charge in [0.05, 0.1) is 0 Å². The van der Waals surface area contributed by atoms with Crippen LogP contribution in [0.3, 0.4) is 0 Å². The van der Waals surface area contributed by atoms with Gasteiger partial charge < -0.3 is 14.8 Å². The Kier molecular flexibility index (Phi) is 6.18. The minimum Gasteiger partial charge on any atom is -0.395 e. The summed E-state index contributed by atoms with van der Waals surface area (Å²) in [4.78, 5) is 2.45. The first kappa shape index (κ1) is 19.5. The van der Waals surface area contributed by atoms with Crippen LogP contribution in [0.2, 0.25) is 0 Å². The van der Waals surface area contributed by atoms with Crippen molar-refractivity contribution in [3.05, 3.63) is 23.8 Å². The fourth-order valence-electron chi connectivity index (χ4n) is 3.33. The van der Waals surface area contributed by atoms with Crippen molar-refractivity contribution in [2.45, 2.75) is 31.6 Å². The normalized spacial score (nSPS) is 23.1. The molecule has 2 aliphatic heterocycles. The monoisotopic (exact) mass is 382 g/mol. The van der Waals surface area contributed by atoms with Crippen molar-refractivity contribution in [1.29, 1.82) is 0 Å². The van der Waals surface area contributed by atoms with Crippen LogP contribution in [0, 0.1) is 5.92 Å². The molecule has 1 aliphatic carbocycles. The third-order valence-corrected chi connectivity index (χ3v) is 4.66. The lowest BCUT2D eigenvalue weighted by Crippen LogP contribution is -2.45. The smallest absolute Gasteiger partial charge is 0.395 e. The van der Waals surface area contributed by atoms with Crippen LogP contribution < -0.4 is 14.8 Å². The number of halogens is 4. The molecule has 2 heterocycles. The second-order valence-electron chi connectivity index (χ2n) is 6.35. The molecule has 136 valence electrons. The highest BCUT2D eigenvalue weighted by molar-refractivity contribution is 5.85. The second-order valence-corrected chi connectivity index (χ2v) is 6.35. The number of benzene rings is 1. The predicted molar refractivity (Wildman–Crippen MR) is 91.7 cm³/mol. The Hall–Kier alpha value is -0.820. The van der Waals surface area contributed by atoms with Gasteiger partial charge in [-0.15, -0.1) is 33.6 Å². The molecular formula is C16H22Cl2F2N2O2. The lowest BCUT2D eigenvalue weighted by atomic mass is 9.98. The Morgan fingerprint density at radius 2 is 1.79 bits per heavy atom. The molecule has 4 rings (SSSR count). The molecular weight excluding hydrogens is 361 g/mol. The molecule has 3 aliphatic rings. The molecule has 8 heteroatoms. The van der Waals surface area contributed by atoms with E-state index in [2.05, 4.69) is 19.7 Å². The van der Waals surface area contributed by atoms with E-state index in [1.54, 1.807) is 12.1 Å². The number of rotatable bonds is 4. The molecule has 1 saturated carbocycles. The van der Waals surface area contributed by atoms with E-state index in [1.165, 1.54) is 12.8 Å². The summed E-state index contributed by atoms with van der Waals surface area (Å²) in [5.41, 5.74) is 1.05. The van der Waals surface area contributed by atoms with E-state index < -0.39 is 6.29 Å². The summed E-state index contributed by atoms with van der Waals surface area (Å²) in [6.45, 7) is 3.93. The third kappa shape index (κ3) is 4.23. The van der Waals surface area contributed by atoms with Gasteiger partial charge in [-0.3, -0.25) is 4.90 Å². The van der Waals surface area contributed by atoms with Crippen molar-refractivity contribution in [2.24, 2.45) is 5.92 Å². The largest absolute Gasteiger partial charge is 0.586 e. The van der Waals surface area contributed by atoms with Crippen LogP contribution >= 0.6 is 24.8 Å². The molecule has 24 heavy (non-hydrogen) atoms. The van der Waals surface area contributed by atoms with Crippen molar-refractivity contribution in [1.82, 2.24) is 10.2 Å². The highest BCUT2D eigenvalue weighted by Crippen LogP contribution is 2.45. The summed E-state index contributed by atoms with van der Waals surface area (Å²) in [6, 6.07) is 5.51. The maximum absolute atomic E-state index is 13.2. The molecule has 0 spiro atoms. The van der Waals surface area contributed by atoms with Crippen LogP contribution in [0.1, 0.15) is 30.9 Å². The maximum Gasteiger partial charge on any atom is 0.586 e. The van der Waals surface area contributed by atoms with E-state index in [1.807, 2.05) is 6.07 Å². The molecule has 1 saturated heterocycles. The average Bonchev–Trinajstić information content (AvgIpc) is 3.26. The van der Waals surface area contributed by atoms with Gasteiger partial charge in [-0.25, -0.2) is 0 Å². The van der Waals surface area contributed by atoms with Crippen molar-refractivity contribution in [3.8, 4) is 11.5 Å². The van der Waals surface area contributed by atoms with Gasteiger partial charge in [0.1, 0.15) is 0 Å².